The van der Waals surface area contributed by atoms with Crippen LogP contribution in [0.25, 0.3) is 0 Å². The number of hydrogen-bond donors (Lipinski definition) is 0. The first-order valence-electron chi connectivity index (χ1n) is 5.26. The van der Waals surface area contributed by atoms with E-state index in [0.29, 0.717) is 25.2 Å². The van der Waals surface area contributed by atoms with Gasteiger partial charge in [0.15, 0.2) is 11.6 Å². The van der Waals surface area contributed by atoms with E-state index >= 15 is 0 Å². The maximum absolute atomic E-state index is 13.0. The number of halogens is 2. The van der Waals surface area contributed by atoms with Gasteiger partial charge < -0.3 is 4.90 Å². The molecule has 0 radical (unpaired) electrons. The zero-order valence-corrected chi connectivity index (χ0v) is 9.21. The second-order valence-electron chi connectivity index (χ2n) is 3.44. The van der Waals surface area contributed by atoms with Crippen molar-refractivity contribution in [1.82, 2.24) is 0 Å². The van der Waals surface area contributed by atoms with Crippen LogP contribution in [0, 0.1) is 23.0 Å². The molecule has 1 aromatic rings. The van der Waals surface area contributed by atoms with Gasteiger partial charge in [-0.25, -0.2) is 8.78 Å². The third-order valence-electron chi connectivity index (χ3n) is 2.37. The average Bonchev–Trinajstić information content (AvgIpc) is 2.29. The Hall–Kier alpha value is -1.63. The summed E-state index contributed by atoms with van der Waals surface area (Å²) < 4.78 is 25.7. The van der Waals surface area contributed by atoms with Crippen molar-refractivity contribution in [1.29, 1.82) is 5.26 Å². The maximum atomic E-state index is 13.0. The van der Waals surface area contributed by atoms with Gasteiger partial charge in [0.1, 0.15) is 0 Å². The quantitative estimate of drug-likeness (QED) is 0.718. The Morgan fingerprint density at radius 1 is 1.31 bits per heavy atom. The van der Waals surface area contributed by atoms with Crippen molar-refractivity contribution >= 4 is 5.69 Å². The Kier molecular flexibility index (Phi) is 4.71. The standard InChI is InChI=1S/C12H14F2N2/c1-2-16(8-4-3-7-15)10-5-6-11(13)12(14)9-10/h5-6,9H,2-4,8H2,1H3. The van der Waals surface area contributed by atoms with E-state index in [2.05, 4.69) is 6.07 Å². The van der Waals surface area contributed by atoms with Crippen LogP contribution in [0.15, 0.2) is 18.2 Å². The van der Waals surface area contributed by atoms with Gasteiger partial charge in [-0.05, 0) is 25.5 Å². The van der Waals surface area contributed by atoms with Gasteiger partial charge >= 0.3 is 0 Å². The second kappa shape index (κ2) is 6.06. The molecule has 2 nitrogen and oxygen atoms in total. The molecule has 16 heavy (non-hydrogen) atoms. The van der Waals surface area contributed by atoms with Gasteiger partial charge in [0.25, 0.3) is 0 Å². The predicted octanol–water partition coefficient (Wildman–Crippen LogP) is 3.09. The first-order chi connectivity index (χ1) is 7.69. The zero-order chi connectivity index (χ0) is 12.0. The minimum absolute atomic E-state index is 0.472. The lowest BCUT2D eigenvalue weighted by Gasteiger charge is -2.22. The van der Waals surface area contributed by atoms with E-state index in [1.807, 2.05) is 11.8 Å². The minimum Gasteiger partial charge on any atom is -0.372 e. The van der Waals surface area contributed by atoms with Crippen LogP contribution in [0.4, 0.5) is 14.5 Å². The summed E-state index contributed by atoms with van der Waals surface area (Å²) in [6.07, 6.45) is 1.20. The van der Waals surface area contributed by atoms with Crippen LogP contribution in [0.3, 0.4) is 0 Å². The van der Waals surface area contributed by atoms with Gasteiger partial charge in [-0.15, -0.1) is 0 Å². The molecule has 0 fully saturated rings. The van der Waals surface area contributed by atoms with Crippen LogP contribution in [0.5, 0.6) is 0 Å². The Bertz CT molecular complexity index is 385. The summed E-state index contributed by atoms with van der Waals surface area (Å²) in [4.78, 5) is 1.92. The predicted molar refractivity (Wildman–Crippen MR) is 59.1 cm³/mol. The highest BCUT2D eigenvalue weighted by Crippen LogP contribution is 2.18. The normalized spacial score (nSPS) is 9.88. The first-order valence-corrected chi connectivity index (χ1v) is 5.26. The van der Waals surface area contributed by atoms with E-state index in [-0.39, 0.29) is 0 Å². The van der Waals surface area contributed by atoms with Crippen LogP contribution in [-0.4, -0.2) is 13.1 Å². The van der Waals surface area contributed by atoms with Crippen LogP contribution in [0.2, 0.25) is 0 Å². The molecule has 0 unspecified atom stereocenters. The van der Waals surface area contributed by atoms with Crippen molar-refractivity contribution in [2.24, 2.45) is 0 Å². The van der Waals surface area contributed by atoms with Crippen molar-refractivity contribution in [3.8, 4) is 6.07 Å². The van der Waals surface area contributed by atoms with Crippen molar-refractivity contribution in [3.05, 3.63) is 29.8 Å². The molecule has 0 atom stereocenters. The van der Waals surface area contributed by atoms with Gasteiger partial charge in [0.2, 0.25) is 0 Å². The summed E-state index contributed by atoms with van der Waals surface area (Å²) in [6, 6.07) is 5.92. The number of rotatable bonds is 5. The van der Waals surface area contributed by atoms with Gasteiger partial charge in [-0.2, -0.15) is 5.26 Å². The number of nitrogens with zero attached hydrogens (tertiary/aromatic N) is 2. The molecular formula is C12H14F2N2. The molecule has 4 heteroatoms. The molecule has 0 saturated carbocycles. The summed E-state index contributed by atoms with van der Waals surface area (Å²) in [5, 5.41) is 8.42. The summed E-state index contributed by atoms with van der Waals surface area (Å²) in [5.74, 6) is -1.67. The van der Waals surface area contributed by atoms with E-state index in [1.165, 1.54) is 6.07 Å². The van der Waals surface area contributed by atoms with Crippen LogP contribution in [-0.2, 0) is 0 Å². The molecule has 0 spiro atoms. The molecule has 0 aliphatic heterocycles. The first kappa shape index (κ1) is 12.4. The lowest BCUT2D eigenvalue weighted by molar-refractivity contribution is 0.508. The van der Waals surface area contributed by atoms with Crippen LogP contribution >= 0.6 is 0 Å². The van der Waals surface area contributed by atoms with Gasteiger partial charge in [0, 0.05) is 31.3 Å². The van der Waals surface area contributed by atoms with Gasteiger partial charge in [0.05, 0.1) is 6.07 Å². The topological polar surface area (TPSA) is 27.0 Å². The third kappa shape index (κ3) is 3.20. The Labute approximate surface area is 94.1 Å². The fraction of sp³-hybridized carbons (Fsp3) is 0.417. The molecule has 0 N–H and O–H groups in total. The monoisotopic (exact) mass is 224 g/mol. The van der Waals surface area contributed by atoms with Crippen LogP contribution in [0.1, 0.15) is 19.8 Å². The van der Waals surface area contributed by atoms with E-state index in [9.17, 15) is 8.78 Å². The highest BCUT2D eigenvalue weighted by Gasteiger charge is 2.07. The van der Waals surface area contributed by atoms with Crippen molar-refractivity contribution in [2.45, 2.75) is 19.8 Å². The van der Waals surface area contributed by atoms with E-state index < -0.39 is 11.6 Å². The third-order valence-corrected chi connectivity index (χ3v) is 2.37. The SMILES string of the molecule is CCN(CCCC#N)c1ccc(F)c(F)c1. The number of anilines is 1. The molecule has 1 rings (SSSR count). The molecule has 0 bridgehead atoms. The number of hydrogen-bond acceptors (Lipinski definition) is 2. The largest absolute Gasteiger partial charge is 0.372 e. The fourth-order valence-corrected chi connectivity index (χ4v) is 1.50. The summed E-state index contributed by atoms with van der Waals surface area (Å²) in [7, 11) is 0. The molecule has 0 saturated heterocycles. The Balaban J connectivity index is 2.71. The zero-order valence-electron chi connectivity index (χ0n) is 9.21. The van der Waals surface area contributed by atoms with E-state index in [4.69, 9.17) is 5.26 Å². The van der Waals surface area contributed by atoms with Crippen molar-refractivity contribution in [2.75, 3.05) is 18.0 Å². The molecule has 0 aromatic heterocycles. The highest BCUT2D eigenvalue weighted by molar-refractivity contribution is 5.46. The second-order valence-corrected chi connectivity index (χ2v) is 3.44. The van der Waals surface area contributed by atoms with Gasteiger partial charge in [-0.1, -0.05) is 0 Å². The number of benzene rings is 1. The molecule has 0 aliphatic rings. The van der Waals surface area contributed by atoms with Gasteiger partial charge in [-0.3, -0.25) is 0 Å². The summed E-state index contributed by atoms with van der Waals surface area (Å²) in [6.45, 7) is 3.32. The number of unbranched alkanes of at least 4 members (excludes halogenated alkanes) is 1. The average molecular weight is 224 g/mol. The lowest BCUT2D eigenvalue weighted by Crippen LogP contribution is -2.23. The van der Waals surface area contributed by atoms with Crippen molar-refractivity contribution in [3.63, 3.8) is 0 Å². The van der Waals surface area contributed by atoms with E-state index in [0.717, 1.165) is 12.5 Å². The smallest absolute Gasteiger partial charge is 0.160 e. The molecule has 86 valence electrons. The molecule has 0 amide bonds. The molecule has 0 aliphatic carbocycles. The fourth-order valence-electron chi connectivity index (χ4n) is 1.50. The number of nitriles is 1. The molecule has 1 aromatic carbocycles. The molecule has 0 heterocycles. The summed E-state index contributed by atoms with van der Waals surface area (Å²) >= 11 is 0. The Morgan fingerprint density at radius 2 is 2.06 bits per heavy atom. The Morgan fingerprint density at radius 3 is 2.62 bits per heavy atom. The minimum atomic E-state index is -0.837. The highest BCUT2D eigenvalue weighted by atomic mass is 19.2. The molecular weight excluding hydrogens is 210 g/mol. The van der Waals surface area contributed by atoms with Crippen molar-refractivity contribution < 1.29 is 8.78 Å². The maximum Gasteiger partial charge on any atom is 0.160 e. The van der Waals surface area contributed by atoms with E-state index in [1.54, 1.807) is 6.07 Å². The summed E-state index contributed by atoms with van der Waals surface area (Å²) in [5.41, 5.74) is 0.652. The van der Waals surface area contributed by atoms with Crippen LogP contribution < -0.4 is 4.90 Å². The lowest BCUT2D eigenvalue weighted by atomic mass is 10.2.